The number of ether oxygens (including phenoxy) is 1. The van der Waals surface area contributed by atoms with E-state index in [9.17, 15) is 9.59 Å². The van der Waals surface area contributed by atoms with Gasteiger partial charge in [-0.25, -0.2) is 4.79 Å². The zero-order valence-electron chi connectivity index (χ0n) is 12.5. The van der Waals surface area contributed by atoms with Gasteiger partial charge in [0, 0.05) is 10.4 Å². The second-order valence-electron chi connectivity index (χ2n) is 5.52. The van der Waals surface area contributed by atoms with Crippen LogP contribution in [0.4, 0.5) is 0 Å². The summed E-state index contributed by atoms with van der Waals surface area (Å²) in [5.74, 6) is -0.791. The number of carbonyl (C=O) groups excluding carboxylic acids is 2. The van der Waals surface area contributed by atoms with Crippen LogP contribution in [-0.2, 0) is 9.53 Å². The minimum Gasteiger partial charge on any atom is -0.449 e. The fourth-order valence-corrected chi connectivity index (χ4v) is 1.89. The Balaban J connectivity index is 2.62. The minimum absolute atomic E-state index is 0.299. The minimum atomic E-state index is -0.818. The molecule has 0 fully saturated rings. The van der Waals surface area contributed by atoms with Gasteiger partial charge in [0.1, 0.15) is 0 Å². The lowest BCUT2D eigenvalue weighted by Gasteiger charge is -2.23. The Morgan fingerprint density at radius 2 is 1.75 bits per heavy atom. The summed E-state index contributed by atoms with van der Waals surface area (Å²) in [7, 11) is 0. The summed E-state index contributed by atoms with van der Waals surface area (Å²) in [5.41, 5.74) is 0.0933. The molecule has 0 spiro atoms. The Labute approximate surface area is 124 Å². The molecule has 4 nitrogen and oxygen atoms in total. The van der Waals surface area contributed by atoms with Crippen LogP contribution in [0.25, 0.3) is 0 Å². The van der Waals surface area contributed by atoms with E-state index in [0.29, 0.717) is 5.56 Å². The van der Waals surface area contributed by atoms with Crippen molar-refractivity contribution in [1.29, 1.82) is 0 Å². The number of carbonyl (C=O) groups is 2. The molecule has 0 bridgehead atoms. The third-order valence-corrected chi connectivity index (χ3v) is 3.22. The van der Waals surface area contributed by atoms with Crippen molar-refractivity contribution in [2.75, 3.05) is 6.26 Å². The fourth-order valence-electron chi connectivity index (χ4n) is 1.48. The van der Waals surface area contributed by atoms with Gasteiger partial charge in [-0.1, -0.05) is 0 Å². The second-order valence-corrected chi connectivity index (χ2v) is 6.39. The number of amides is 1. The van der Waals surface area contributed by atoms with E-state index in [1.807, 2.05) is 39.2 Å². The first-order valence-corrected chi connectivity index (χ1v) is 7.62. The van der Waals surface area contributed by atoms with Crippen LogP contribution in [0.1, 0.15) is 38.1 Å². The molecule has 0 aromatic heterocycles. The maximum atomic E-state index is 11.9. The molecule has 1 aromatic carbocycles. The van der Waals surface area contributed by atoms with Crippen LogP contribution in [0.2, 0.25) is 0 Å². The average Bonchev–Trinajstić information content (AvgIpc) is 2.36. The van der Waals surface area contributed by atoms with E-state index < -0.39 is 12.1 Å². The highest BCUT2D eigenvalue weighted by Gasteiger charge is 2.22. The van der Waals surface area contributed by atoms with Crippen LogP contribution >= 0.6 is 11.8 Å². The van der Waals surface area contributed by atoms with Crippen molar-refractivity contribution in [2.24, 2.45) is 0 Å². The largest absolute Gasteiger partial charge is 0.449 e. The maximum Gasteiger partial charge on any atom is 0.338 e. The zero-order valence-corrected chi connectivity index (χ0v) is 13.3. The summed E-state index contributed by atoms with van der Waals surface area (Å²) in [4.78, 5) is 24.8. The van der Waals surface area contributed by atoms with Gasteiger partial charge in [-0.3, -0.25) is 4.79 Å². The van der Waals surface area contributed by atoms with E-state index in [-0.39, 0.29) is 11.4 Å². The van der Waals surface area contributed by atoms with Gasteiger partial charge < -0.3 is 10.1 Å². The summed E-state index contributed by atoms with van der Waals surface area (Å²) < 4.78 is 5.16. The predicted octanol–water partition coefficient (Wildman–Crippen LogP) is 2.87. The van der Waals surface area contributed by atoms with Crippen molar-refractivity contribution < 1.29 is 14.3 Å². The molecule has 0 unspecified atom stereocenters. The second kappa shape index (κ2) is 6.79. The molecule has 0 saturated heterocycles. The van der Waals surface area contributed by atoms with Crippen molar-refractivity contribution in [3.63, 3.8) is 0 Å². The van der Waals surface area contributed by atoms with Gasteiger partial charge in [-0.2, -0.15) is 0 Å². The third-order valence-electron chi connectivity index (χ3n) is 2.48. The van der Waals surface area contributed by atoms with Crippen LogP contribution in [0.5, 0.6) is 0 Å². The van der Waals surface area contributed by atoms with Crippen molar-refractivity contribution in [1.82, 2.24) is 5.32 Å². The molecule has 1 atom stereocenters. The van der Waals surface area contributed by atoms with Gasteiger partial charge >= 0.3 is 5.97 Å². The average molecular weight is 295 g/mol. The molecule has 0 saturated carbocycles. The van der Waals surface area contributed by atoms with Crippen molar-refractivity contribution in [2.45, 2.75) is 44.2 Å². The first kappa shape index (κ1) is 16.6. The van der Waals surface area contributed by atoms with E-state index in [0.717, 1.165) is 4.90 Å². The first-order valence-electron chi connectivity index (χ1n) is 6.40. The quantitative estimate of drug-likeness (QED) is 0.685. The molecule has 1 N–H and O–H groups in total. The van der Waals surface area contributed by atoms with E-state index in [4.69, 9.17) is 4.74 Å². The Hall–Kier alpha value is -1.49. The van der Waals surface area contributed by atoms with E-state index >= 15 is 0 Å². The molecule has 110 valence electrons. The number of hydrogen-bond acceptors (Lipinski definition) is 4. The highest BCUT2D eigenvalue weighted by molar-refractivity contribution is 7.98. The number of esters is 1. The van der Waals surface area contributed by atoms with Crippen molar-refractivity contribution in [3.8, 4) is 0 Å². The lowest BCUT2D eigenvalue weighted by Crippen LogP contribution is -2.46. The molecule has 1 aromatic rings. The van der Waals surface area contributed by atoms with Crippen LogP contribution in [0.3, 0.4) is 0 Å². The molecular weight excluding hydrogens is 274 g/mol. The fraction of sp³-hybridized carbons (Fsp3) is 0.467. The van der Waals surface area contributed by atoms with Crippen LogP contribution in [-0.4, -0.2) is 29.8 Å². The smallest absolute Gasteiger partial charge is 0.338 e. The Kier molecular flexibility index (Phi) is 5.62. The highest BCUT2D eigenvalue weighted by atomic mass is 32.2. The van der Waals surface area contributed by atoms with Gasteiger partial charge in [-0.15, -0.1) is 11.8 Å². The Bertz CT molecular complexity index is 477. The van der Waals surface area contributed by atoms with Crippen LogP contribution in [0, 0.1) is 0 Å². The van der Waals surface area contributed by atoms with E-state index in [1.54, 1.807) is 30.8 Å². The first-order chi connectivity index (χ1) is 9.23. The topological polar surface area (TPSA) is 55.4 Å². The standard InChI is InChI=1S/C15H21NO3S/c1-10(13(17)16-15(2,3)4)19-14(18)11-6-8-12(20-5)9-7-11/h6-10H,1-5H3,(H,16,17)/t10-/m1/s1. The van der Waals surface area contributed by atoms with Crippen LogP contribution in [0.15, 0.2) is 29.2 Å². The molecule has 0 aliphatic rings. The van der Waals surface area contributed by atoms with Gasteiger partial charge in [-0.05, 0) is 58.2 Å². The highest BCUT2D eigenvalue weighted by Crippen LogP contribution is 2.15. The molecule has 0 aliphatic heterocycles. The van der Waals surface area contributed by atoms with Gasteiger partial charge in [0.15, 0.2) is 6.10 Å². The van der Waals surface area contributed by atoms with Gasteiger partial charge in [0.2, 0.25) is 0 Å². The molecule has 0 radical (unpaired) electrons. The van der Waals surface area contributed by atoms with Crippen LogP contribution < -0.4 is 5.32 Å². The molecule has 0 heterocycles. The number of nitrogens with one attached hydrogen (secondary N) is 1. The predicted molar refractivity (Wildman–Crippen MR) is 81.0 cm³/mol. The van der Waals surface area contributed by atoms with Gasteiger partial charge in [0.25, 0.3) is 5.91 Å². The number of thioether (sulfide) groups is 1. The Morgan fingerprint density at radius 3 is 2.20 bits per heavy atom. The lowest BCUT2D eigenvalue weighted by molar-refractivity contribution is -0.130. The SMILES string of the molecule is CSc1ccc(C(=O)O[C@H](C)C(=O)NC(C)(C)C)cc1. The molecule has 0 aliphatic carbocycles. The normalized spacial score (nSPS) is 12.7. The van der Waals surface area contributed by atoms with Crippen molar-refractivity contribution in [3.05, 3.63) is 29.8 Å². The number of hydrogen-bond donors (Lipinski definition) is 1. The summed E-state index contributed by atoms with van der Waals surface area (Å²) in [5, 5.41) is 2.77. The Morgan fingerprint density at radius 1 is 1.20 bits per heavy atom. The third kappa shape index (κ3) is 5.25. The summed E-state index contributed by atoms with van der Waals surface area (Å²) in [6.45, 7) is 7.19. The summed E-state index contributed by atoms with van der Waals surface area (Å²) in [6.07, 6.45) is 1.15. The van der Waals surface area contributed by atoms with E-state index in [1.165, 1.54) is 0 Å². The van der Waals surface area contributed by atoms with Crippen molar-refractivity contribution >= 4 is 23.6 Å². The molecule has 5 heteroatoms. The number of benzene rings is 1. The zero-order chi connectivity index (χ0) is 15.3. The number of rotatable bonds is 4. The lowest BCUT2D eigenvalue weighted by atomic mass is 10.1. The van der Waals surface area contributed by atoms with E-state index in [2.05, 4.69) is 5.32 Å². The molecular formula is C15H21NO3S. The molecule has 20 heavy (non-hydrogen) atoms. The summed E-state index contributed by atoms with van der Waals surface area (Å²) in [6, 6.07) is 7.09. The molecule has 1 amide bonds. The monoisotopic (exact) mass is 295 g/mol. The maximum absolute atomic E-state index is 11.9. The molecule has 1 rings (SSSR count). The van der Waals surface area contributed by atoms with Gasteiger partial charge in [0.05, 0.1) is 5.56 Å². The summed E-state index contributed by atoms with van der Waals surface area (Å²) >= 11 is 1.60.